The monoisotopic (exact) mass is 360 g/mol. The van der Waals surface area contributed by atoms with Crippen LogP contribution in [0.5, 0.6) is 0 Å². The molecule has 1 N–H and O–H groups in total. The zero-order valence-corrected chi connectivity index (χ0v) is 15.1. The van der Waals surface area contributed by atoms with Gasteiger partial charge in [-0.3, -0.25) is 9.59 Å². The van der Waals surface area contributed by atoms with Crippen molar-refractivity contribution in [2.24, 2.45) is 28.6 Å². The second-order valence-corrected chi connectivity index (χ2v) is 9.72. The quantitative estimate of drug-likeness (QED) is 0.432. The summed E-state index contributed by atoms with van der Waals surface area (Å²) < 4.78 is 17.3. The van der Waals surface area contributed by atoms with E-state index in [-0.39, 0.29) is 36.0 Å². The Morgan fingerprint density at radius 3 is 2.92 bits per heavy atom. The Labute approximate surface area is 151 Å². The molecular weight excluding hydrogens is 336 g/mol. The van der Waals surface area contributed by atoms with E-state index in [1.165, 1.54) is 7.11 Å². The van der Waals surface area contributed by atoms with E-state index in [9.17, 15) is 14.7 Å². The first-order chi connectivity index (χ1) is 12.2. The molecule has 6 nitrogen and oxygen atoms in total. The number of hydrogen-bond donors (Lipinski definition) is 1. The predicted octanol–water partition coefficient (Wildman–Crippen LogP) is 1.36. The lowest BCUT2D eigenvalue weighted by Crippen LogP contribution is -2.50. The third kappa shape index (κ3) is 1.31. The van der Waals surface area contributed by atoms with Crippen molar-refractivity contribution in [1.29, 1.82) is 0 Å². The second-order valence-electron chi connectivity index (χ2n) is 9.72. The van der Waals surface area contributed by atoms with Crippen molar-refractivity contribution in [2.75, 3.05) is 7.11 Å². The summed E-state index contributed by atoms with van der Waals surface area (Å²) in [5.41, 5.74) is -2.00. The number of carbonyl (C=O) groups excluding carboxylic acids is 2. The average Bonchev–Trinajstić information content (AvgIpc) is 3.23. The molecule has 0 radical (unpaired) electrons. The Morgan fingerprint density at radius 2 is 2.19 bits per heavy atom. The number of epoxide rings is 1. The molecular formula is C20H24O6. The van der Waals surface area contributed by atoms with E-state index in [1.54, 1.807) is 0 Å². The number of esters is 2. The van der Waals surface area contributed by atoms with Gasteiger partial charge >= 0.3 is 11.9 Å². The van der Waals surface area contributed by atoms with Crippen molar-refractivity contribution in [3.8, 4) is 0 Å². The van der Waals surface area contributed by atoms with Crippen LogP contribution >= 0.6 is 0 Å². The highest BCUT2D eigenvalue weighted by molar-refractivity contribution is 5.86. The number of hydrogen-bond acceptors (Lipinski definition) is 6. The largest absolute Gasteiger partial charge is 0.469 e. The van der Waals surface area contributed by atoms with Crippen LogP contribution in [0.15, 0.2) is 12.2 Å². The third-order valence-electron chi connectivity index (χ3n) is 8.95. The molecule has 4 bridgehead atoms. The van der Waals surface area contributed by atoms with E-state index in [0.29, 0.717) is 25.7 Å². The minimum atomic E-state index is -0.906. The Morgan fingerprint density at radius 1 is 1.42 bits per heavy atom. The maximum absolute atomic E-state index is 13.1. The number of rotatable bonds is 1. The number of aliphatic hydroxyl groups is 1. The van der Waals surface area contributed by atoms with Crippen LogP contribution in [0.4, 0.5) is 0 Å². The Balaban J connectivity index is 1.60. The van der Waals surface area contributed by atoms with Crippen LogP contribution < -0.4 is 0 Å². The fraction of sp³-hybridized carbons (Fsp3) is 0.800. The summed E-state index contributed by atoms with van der Waals surface area (Å²) in [6.07, 6.45) is 3.02. The summed E-state index contributed by atoms with van der Waals surface area (Å²) in [5, 5.41) is 11.1. The van der Waals surface area contributed by atoms with Crippen molar-refractivity contribution in [2.45, 2.75) is 62.4 Å². The standard InChI is InChI=1S/C20H24O6/c1-9-6-18-8-19(9,23)5-4-11(18)20-7-10-14(25-10)17(2,16(22)26-20)13(20)12(18)15(21)24-3/h10-14,23H,1,4-8H2,2-3H3. The fourth-order valence-corrected chi connectivity index (χ4v) is 8.11. The highest BCUT2D eigenvalue weighted by Crippen LogP contribution is 2.80. The molecule has 0 aromatic rings. The van der Waals surface area contributed by atoms with Crippen LogP contribution in [0.1, 0.15) is 39.0 Å². The van der Waals surface area contributed by atoms with Gasteiger partial charge in [0, 0.05) is 18.3 Å². The lowest BCUT2D eigenvalue weighted by atomic mass is 9.60. The molecule has 6 rings (SSSR count). The van der Waals surface area contributed by atoms with Crippen molar-refractivity contribution < 1.29 is 28.9 Å². The van der Waals surface area contributed by atoms with E-state index < -0.39 is 27.9 Å². The molecule has 26 heavy (non-hydrogen) atoms. The van der Waals surface area contributed by atoms with Gasteiger partial charge in [-0.1, -0.05) is 6.58 Å². The van der Waals surface area contributed by atoms with E-state index in [1.807, 2.05) is 6.92 Å². The molecule has 2 aliphatic heterocycles. The van der Waals surface area contributed by atoms with E-state index in [4.69, 9.17) is 14.2 Å². The molecule has 6 fully saturated rings. The number of ether oxygens (including phenoxy) is 3. The zero-order chi connectivity index (χ0) is 18.3. The van der Waals surface area contributed by atoms with Gasteiger partial charge in [-0.2, -0.15) is 0 Å². The highest BCUT2D eigenvalue weighted by atomic mass is 16.6. The summed E-state index contributed by atoms with van der Waals surface area (Å²) in [6.45, 7) is 6.05. The third-order valence-corrected chi connectivity index (χ3v) is 8.95. The maximum Gasteiger partial charge on any atom is 0.315 e. The first kappa shape index (κ1) is 15.6. The van der Waals surface area contributed by atoms with Crippen molar-refractivity contribution in [1.82, 2.24) is 0 Å². The minimum Gasteiger partial charge on any atom is -0.469 e. The second kappa shape index (κ2) is 4.04. The van der Waals surface area contributed by atoms with Gasteiger partial charge in [0.1, 0.15) is 17.1 Å². The van der Waals surface area contributed by atoms with Crippen LogP contribution in [0.3, 0.4) is 0 Å². The Hall–Kier alpha value is -1.40. The first-order valence-corrected chi connectivity index (χ1v) is 9.60. The molecule has 6 heteroatoms. The Kier molecular flexibility index (Phi) is 2.43. The predicted molar refractivity (Wildman–Crippen MR) is 87.7 cm³/mol. The van der Waals surface area contributed by atoms with E-state index in [0.717, 1.165) is 12.0 Å². The smallest absolute Gasteiger partial charge is 0.315 e. The van der Waals surface area contributed by atoms with Gasteiger partial charge in [-0.25, -0.2) is 0 Å². The molecule has 4 aliphatic carbocycles. The molecule has 0 amide bonds. The van der Waals surface area contributed by atoms with Crippen LogP contribution in [0.2, 0.25) is 0 Å². The topological polar surface area (TPSA) is 85.4 Å². The lowest BCUT2D eigenvalue weighted by Gasteiger charge is -2.45. The Bertz CT molecular complexity index is 791. The summed E-state index contributed by atoms with van der Waals surface area (Å²) in [7, 11) is 1.41. The number of methoxy groups -OCH3 is 1. The van der Waals surface area contributed by atoms with Crippen LogP contribution in [0, 0.1) is 28.6 Å². The van der Waals surface area contributed by atoms with Gasteiger partial charge in [0.2, 0.25) is 0 Å². The summed E-state index contributed by atoms with van der Waals surface area (Å²) in [5.74, 6) is -1.19. The first-order valence-electron chi connectivity index (χ1n) is 9.60. The van der Waals surface area contributed by atoms with E-state index in [2.05, 4.69) is 6.58 Å². The maximum atomic E-state index is 13.1. The molecule has 1 spiro atoms. The molecule has 0 aromatic carbocycles. The zero-order valence-electron chi connectivity index (χ0n) is 15.1. The lowest BCUT2D eigenvalue weighted by molar-refractivity contribution is -0.165. The molecule has 0 aromatic heterocycles. The van der Waals surface area contributed by atoms with Crippen LogP contribution in [-0.2, 0) is 23.8 Å². The van der Waals surface area contributed by atoms with Crippen molar-refractivity contribution in [3.05, 3.63) is 12.2 Å². The molecule has 6 aliphatic rings. The van der Waals surface area contributed by atoms with Crippen LogP contribution in [0.25, 0.3) is 0 Å². The molecule has 2 heterocycles. The van der Waals surface area contributed by atoms with Gasteiger partial charge < -0.3 is 19.3 Å². The highest BCUT2D eigenvalue weighted by Gasteiger charge is 2.88. The molecule has 2 saturated heterocycles. The minimum absolute atomic E-state index is 0.0412. The summed E-state index contributed by atoms with van der Waals surface area (Å²) >= 11 is 0. The molecule has 4 saturated carbocycles. The van der Waals surface area contributed by atoms with Gasteiger partial charge in [-0.15, -0.1) is 0 Å². The number of fused-ring (bicyclic) bond motifs is 3. The van der Waals surface area contributed by atoms with Gasteiger partial charge in [-0.05, 0) is 43.6 Å². The fourth-order valence-electron chi connectivity index (χ4n) is 8.11. The van der Waals surface area contributed by atoms with Gasteiger partial charge in [0.05, 0.1) is 24.7 Å². The average molecular weight is 360 g/mol. The van der Waals surface area contributed by atoms with Gasteiger partial charge in [0.15, 0.2) is 0 Å². The molecule has 140 valence electrons. The van der Waals surface area contributed by atoms with Gasteiger partial charge in [0.25, 0.3) is 0 Å². The van der Waals surface area contributed by atoms with Crippen LogP contribution in [-0.4, -0.2) is 47.6 Å². The molecule has 9 unspecified atom stereocenters. The summed E-state index contributed by atoms with van der Waals surface area (Å²) in [6, 6.07) is 0. The SMILES string of the molecule is C=C1CC23CC1(O)CCC2C12CC4OC4C(C)(C(=O)O1)C2C3C(=O)OC. The van der Waals surface area contributed by atoms with Crippen molar-refractivity contribution >= 4 is 11.9 Å². The van der Waals surface area contributed by atoms with Crippen molar-refractivity contribution in [3.63, 3.8) is 0 Å². The summed E-state index contributed by atoms with van der Waals surface area (Å²) in [4.78, 5) is 26.0. The van der Waals surface area contributed by atoms with E-state index >= 15 is 0 Å². The number of carbonyl (C=O) groups is 2. The molecule has 9 atom stereocenters. The normalized spacial score (nSPS) is 60.8.